The van der Waals surface area contributed by atoms with Gasteiger partial charge in [-0.15, -0.1) is 0 Å². The SMILES string of the molecule is O=C(O)c1ccc2c(c1)CCc1c(F)cccc1C2=O. The van der Waals surface area contributed by atoms with Crippen molar-refractivity contribution in [1.29, 1.82) is 0 Å². The number of carbonyl (C=O) groups excluding carboxylic acids is 1. The molecule has 1 aliphatic carbocycles. The smallest absolute Gasteiger partial charge is 0.335 e. The maximum absolute atomic E-state index is 13.8. The van der Waals surface area contributed by atoms with E-state index in [1.54, 1.807) is 6.07 Å². The Bertz CT molecular complexity index is 734. The molecular weight excluding hydrogens is 259 g/mol. The normalized spacial score (nSPS) is 13.3. The lowest BCUT2D eigenvalue weighted by Crippen LogP contribution is -2.06. The van der Waals surface area contributed by atoms with Crippen LogP contribution in [0.25, 0.3) is 0 Å². The zero-order chi connectivity index (χ0) is 14.3. The van der Waals surface area contributed by atoms with E-state index in [-0.39, 0.29) is 17.2 Å². The van der Waals surface area contributed by atoms with Crippen LogP contribution in [0, 0.1) is 5.82 Å². The first-order valence-electron chi connectivity index (χ1n) is 6.26. The molecule has 20 heavy (non-hydrogen) atoms. The highest BCUT2D eigenvalue weighted by atomic mass is 19.1. The third-order valence-corrected chi connectivity index (χ3v) is 3.60. The van der Waals surface area contributed by atoms with Crippen molar-refractivity contribution in [2.45, 2.75) is 12.8 Å². The molecule has 3 rings (SSSR count). The molecule has 0 aliphatic heterocycles. The number of carboxylic acids is 1. The summed E-state index contributed by atoms with van der Waals surface area (Å²) in [6.45, 7) is 0. The van der Waals surface area contributed by atoms with Gasteiger partial charge in [-0.2, -0.15) is 0 Å². The average Bonchev–Trinajstić information content (AvgIpc) is 2.57. The van der Waals surface area contributed by atoms with E-state index in [1.165, 1.54) is 30.3 Å². The zero-order valence-electron chi connectivity index (χ0n) is 10.5. The first kappa shape index (κ1) is 12.5. The lowest BCUT2D eigenvalue weighted by molar-refractivity contribution is 0.0696. The number of ketones is 1. The number of aryl methyl sites for hydroxylation is 1. The van der Waals surface area contributed by atoms with Crippen LogP contribution in [0.2, 0.25) is 0 Å². The van der Waals surface area contributed by atoms with Gasteiger partial charge in [-0.1, -0.05) is 12.1 Å². The Balaban J connectivity index is 2.16. The number of halogens is 1. The van der Waals surface area contributed by atoms with Crippen molar-refractivity contribution in [1.82, 2.24) is 0 Å². The number of hydrogen-bond acceptors (Lipinski definition) is 2. The Morgan fingerprint density at radius 2 is 1.90 bits per heavy atom. The first-order chi connectivity index (χ1) is 9.58. The summed E-state index contributed by atoms with van der Waals surface area (Å²) in [6, 6.07) is 8.89. The summed E-state index contributed by atoms with van der Waals surface area (Å²) < 4.78 is 13.8. The molecule has 0 radical (unpaired) electrons. The summed E-state index contributed by atoms with van der Waals surface area (Å²) in [5.41, 5.74) is 2.03. The summed E-state index contributed by atoms with van der Waals surface area (Å²) >= 11 is 0. The van der Waals surface area contributed by atoms with Crippen LogP contribution in [-0.4, -0.2) is 16.9 Å². The lowest BCUT2D eigenvalue weighted by atomic mass is 9.97. The van der Waals surface area contributed by atoms with Crippen molar-refractivity contribution < 1.29 is 19.1 Å². The Labute approximate surface area is 114 Å². The number of fused-ring (bicyclic) bond motifs is 2. The van der Waals surface area contributed by atoms with Crippen LogP contribution in [-0.2, 0) is 12.8 Å². The molecule has 0 heterocycles. The third kappa shape index (κ3) is 1.90. The molecule has 0 aromatic heterocycles. The molecule has 4 heteroatoms. The van der Waals surface area contributed by atoms with Gasteiger partial charge in [0, 0.05) is 11.1 Å². The Morgan fingerprint density at radius 3 is 2.65 bits per heavy atom. The van der Waals surface area contributed by atoms with Crippen LogP contribution in [0.5, 0.6) is 0 Å². The zero-order valence-corrected chi connectivity index (χ0v) is 10.5. The van der Waals surface area contributed by atoms with Gasteiger partial charge in [-0.25, -0.2) is 9.18 Å². The number of hydrogen-bond donors (Lipinski definition) is 1. The fourth-order valence-corrected chi connectivity index (χ4v) is 2.59. The van der Waals surface area contributed by atoms with Crippen molar-refractivity contribution in [2.24, 2.45) is 0 Å². The lowest BCUT2D eigenvalue weighted by Gasteiger charge is -2.06. The van der Waals surface area contributed by atoms with Gasteiger partial charge in [-0.05, 0) is 48.2 Å². The van der Waals surface area contributed by atoms with Crippen LogP contribution < -0.4 is 0 Å². The Kier molecular flexibility index (Phi) is 2.86. The largest absolute Gasteiger partial charge is 0.478 e. The predicted molar refractivity (Wildman–Crippen MR) is 70.6 cm³/mol. The van der Waals surface area contributed by atoms with E-state index in [0.717, 1.165) is 0 Å². The minimum atomic E-state index is -1.03. The molecule has 3 nitrogen and oxygen atoms in total. The van der Waals surface area contributed by atoms with Crippen molar-refractivity contribution in [3.63, 3.8) is 0 Å². The number of rotatable bonds is 1. The second kappa shape index (κ2) is 4.56. The van der Waals surface area contributed by atoms with Gasteiger partial charge in [0.1, 0.15) is 5.82 Å². The molecule has 0 bridgehead atoms. The minimum Gasteiger partial charge on any atom is -0.478 e. The highest BCUT2D eigenvalue weighted by molar-refractivity contribution is 6.11. The van der Waals surface area contributed by atoms with Gasteiger partial charge < -0.3 is 5.11 Å². The molecule has 2 aromatic carbocycles. The van der Waals surface area contributed by atoms with Crippen molar-refractivity contribution in [2.75, 3.05) is 0 Å². The summed E-state index contributed by atoms with van der Waals surface area (Å²) in [5, 5.41) is 9.00. The highest BCUT2D eigenvalue weighted by Gasteiger charge is 2.23. The second-order valence-electron chi connectivity index (χ2n) is 4.77. The number of carbonyl (C=O) groups is 2. The highest BCUT2D eigenvalue weighted by Crippen LogP contribution is 2.26. The molecule has 0 atom stereocenters. The molecule has 0 unspecified atom stereocenters. The molecule has 0 saturated heterocycles. The Morgan fingerprint density at radius 1 is 1.10 bits per heavy atom. The minimum absolute atomic E-state index is 0.142. The monoisotopic (exact) mass is 270 g/mol. The van der Waals surface area contributed by atoms with Crippen molar-refractivity contribution in [3.05, 3.63) is 70.0 Å². The standard InChI is InChI=1S/C16H11FO3/c17-14-3-1-2-13-12(14)7-4-9-8-10(16(19)20)5-6-11(9)15(13)18/h1-3,5-6,8H,4,7H2,(H,19,20). The first-order valence-corrected chi connectivity index (χ1v) is 6.26. The number of carboxylic acid groups (broad SMARTS) is 1. The predicted octanol–water partition coefficient (Wildman–Crippen LogP) is 2.85. The fraction of sp³-hybridized carbons (Fsp3) is 0.125. The molecule has 1 N–H and O–H groups in total. The van der Waals surface area contributed by atoms with Gasteiger partial charge in [0.25, 0.3) is 0 Å². The van der Waals surface area contributed by atoms with E-state index in [1.807, 2.05) is 0 Å². The molecule has 100 valence electrons. The van der Waals surface area contributed by atoms with Gasteiger partial charge >= 0.3 is 5.97 Å². The van der Waals surface area contributed by atoms with E-state index >= 15 is 0 Å². The third-order valence-electron chi connectivity index (χ3n) is 3.60. The molecule has 0 fully saturated rings. The van der Waals surface area contributed by atoms with Gasteiger partial charge in [0.15, 0.2) is 5.78 Å². The van der Waals surface area contributed by atoms with Gasteiger partial charge in [0.2, 0.25) is 0 Å². The number of benzene rings is 2. The number of aromatic carboxylic acids is 1. The van der Waals surface area contributed by atoms with E-state index in [2.05, 4.69) is 0 Å². The molecule has 0 amide bonds. The molecule has 2 aromatic rings. The summed E-state index contributed by atoms with van der Waals surface area (Å²) in [4.78, 5) is 23.4. The van der Waals surface area contributed by atoms with Crippen LogP contribution in [0.3, 0.4) is 0 Å². The van der Waals surface area contributed by atoms with E-state index < -0.39 is 5.97 Å². The second-order valence-corrected chi connectivity index (χ2v) is 4.77. The Hall–Kier alpha value is -2.49. The summed E-state index contributed by atoms with van der Waals surface area (Å²) in [6.07, 6.45) is 0.847. The van der Waals surface area contributed by atoms with E-state index in [4.69, 9.17) is 5.11 Å². The van der Waals surface area contributed by atoms with Gasteiger partial charge in [-0.3, -0.25) is 4.79 Å². The van der Waals surface area contributed by atoms with E-state index in [0.29, 0.717) is 35.1 Å². The van der Waals surface area contributed by atoms with Crippen LogP contribution in [0.15, 0.2) is 36.4 Å². The molecule has 0 saturated carbocycles. The average molecular weight is 270 g/mol. The molecule has 0 spiro atoms. The summed E-state index contributed by atoms with van der Waals surface area (Å²) in [7, 11) is 0. The van der Waals surface area contributed by atoms with Crippen LogP contribution >= 0.6 is 0 Å². The van der Waals surface area contributed by atoms with Crippen LogP contribution in [0.1, 0.15) is 37.4 Å². The van der Waals surface area contributed by atoms with E-state index in [9.17, 15) is 14.0 Å². The van der Waals surface area contributed by atoms with Crippen molar-refractivity contribution in [3.8, 4) is 0 Å². The topological polar surface area (TPSA) is 54.4 Å². The quantitative estimate of drug-likeness (QED) is 0.866. The molecule has 1 aliphatic rings. The molecular formula is C16H11FO3. The maximum Gasteiger partial charge on any atom is 0.335 e. The summed E-state index contributed by atoms with van der Waals surface area (Å²) in [5.74, 6) is -1.67. The van der Waals surface area contributed by atoms with Gasteiger partial charge in [0.05, 0.1) is 5.56 Å². The van der Waals surface area contributed by atoms with Crippen LogP contribution in [0.4, 0.5) is 4.39 Å². The fourth-order valence-electron chi connectivity index (χ4n) is 2.59. The van der Waals surface area contributed by atoms with Crippen molar-refractivity contribution >= 4 is 11.8 Å². The maximum atomic E-state index is 13.8.